The maximum atomic E-state index is 4.24. The summed E-state index contributed by atoms with van der Waals surface area (Å²) in [5, 5.41) is 0. The minimum Gasteiger partial charge on any atom is -0.262 e. The van der Waals surface area contributed by atoms with E-state index >= 15 is 0 Å². The van der Waals surface area contributed by atoms with Gasteiger partial charge in [-0.15, -0.1) is 0 Å². The molecule has 0 fully saturated rings. The molecule has 0 saturated carbocycles. The molecule has 0 aliphatic carbocycles. The van der Waals surface area contributed by atoms with E-state index in [1.807, 2.05) is 19.2 Å². The third kappa shape index (κ3) is 7.26. The number of hydrogen-bond acceptors (Lipinski definition) is 1. The monoisotopic (exact) mass is 177 g/mol. The summed E-state index contributed by atoms with van der Waals surface area (Å²) in [6.45, 7) is 7.77. The van der Waals surface area contributed by atoms with Crippen molar-refractivity contribution in [2.24, 2.45) is 4.99 Å². The van der Waals surface area contributed by atoms with Gasteiger partial charge in [-0.05, 0) is 32.3 Å². The summed E-state index contributed by atoms with van der Waals surface area (Å²) < 4.78 is 0. The summed E-state index contributed by atoms with van der Waals surface area (Å²) in [5.41, 5.74) is 0.944. The number of rotatable bonds is 6. The predicted molar refractivity (Wildman–Crippen MR) is 61.1 cm³/mol. The van der Waals surface area contributed by atoms with Gasteiger partial charge in [-0.2, -0.15) is 0 Å². The summed E-state index contributed by atoms with van der Waals surface area (Å²) in [5.74, 6) is 0. The first kappa shape index (κ1) is 11.9. The molecule has 0 N–H and O–H groups in total. The second kappa shape index (κ2) is 8.98. The zero-order valence-corrected chi connectivity index (χ0v) is 8.66. The highest BCUT2D eigenvalue weighted by Gasteiger charge is 1.81. The van der Waals surface area contributed by atoms with Gasteiger partial charge in [-0.25, -0.2) is 0 Å². The zero-order valence-electron chi connectivity index (χ0n) is 8.66. The van der Waals surface area contributed by atoms with Gasteiger partial charge in [0, 0.05) is 6.21 Å². The Morgan fingerprint density at radius 1 is 1.31 bits per heavy atom. The fourth-order valence-corrected chi connectivity index (χ4v) is 0.870. The Morgan fingerprint density at radius 2 is 2.08 bits per heavy atom. The first-order valence-corrected chi connectivity index (χ1v) is 4.81. The van der Waals surface area contributed by atoms with Gasteiger partial charge < -0.3 is 0 Å². The Kier molecular flexibility index (Phi) is 8.21. The lowest BCUT2D eigenvalue weighted by molar-refractivity contribution is 1.09. The summed E-state index contributed by atoms with van der Waals surface area (Å²) >= 11 is 0. The van der Waals surface area contributed by atoms with Crippen molar-refractivity contribution in [2.75, 3.05) is 0 Å². The molecule has 0 saturated heterocycles. The first-order chi connectivity index (χ1) is 6.35. The number of aliphatic imine (C=N–C) groups is 1. The van der Waals surface area contributed by atoms with Crippen molar-refractivity contribution in [1.82, 2.24) is 0 Å². The topological polar surface area (TPSA) is 12.4 Å². The summed E-state index contributed by atoms with van der Waals surface area (Å²) in [6.07, 6.45) is 13.2. The van der Waals surface area contributed by atoms with Crippen molar-refractivity contribution in [3.05, 3.63) is 36.6 Å². The molecule has 1 heteroatoms. The number of allylic oxidation sites excluding steroid dienone is 4. The molecular weight excluding hydrogens is 158 g/mol. The molecule has 72 valence electrons. The zero-order chi connectivity index (χ0) is 9.94. The number of unbranched alkanes of at least 4 members (excludes halogenated alkanes) is 1. The van der Waals surface area contributed by atoms with E-state index in [9.17, 15) is 0 Å². The summed E-state index contributed by atoms with van der Waals surface area (Å²) in [7, 11) is 0. The average Bonchev–Trinajstić information content (AvgIpc) is 2.17. The van der Waals surface area contributed by atoms with Crippen molar-refractivity contribution in [3.8, 4) is 0 Å². The van der Waals surface area contributed by atoms with Crippen LogP contribution < -0.4 is 0 Å². The van der Waals surface area contributed by atoms with Gasteiger partial charge in [0.05, 0.1) is 5.70 Å². The molecule has 0 rings (SSSR count). The smallest absolute Gasteiger partial charge is 0.0577 e. The summed E-state index contributed by atoms with van der Waals surface area (Å²) in [4.78, 5) is 4.24. The molecule has 0 spiro atoms. The third-order valence-electron chi connectivity index (χ3n) is 1.61. The minimum absolute atomic E-state index is 0.944. The van der Waals surface area contributed by atoms with Gasteiger partial charge in [-0.3, -0.25) is 4.99 Å². The van der Waals surface area contributed by atoms with E-state index in [1.54, 1.807) is 6.08 Å². The highest BCUT2D eigenvalue weighted by molar-refractivity contribution is 5.59. The largest absolute Gasteiger partial charge is 0.262 e. The van der Waals surface area contributed by atoms with Gasteiger partial charge >= 0.3 is 0 Å². The molecule has 0 aliphatic rings. The number of hydrogen-bond donors (Lipinski definition) is 0. The van der Waals surface area contributed by atoms with Gasteiger partial charge in [0.15, 0.2) is 0 Å². The Morgan fingerprint density at radius 3 is 2.62 bits per heavy atom. The van der Waals surface area contributed by atoms with E-state index in [-0.39, 0.29) is 0 Å². The van der Waals surface area contributed by atoms with Crippen LogP contribution >= 0.6 is 0 Å². The summed E-state index contributed by atoms with van der Waals surface area (Å²) in [6, 6.07) is 0. The predicted octanol–water partition coefficient (Wildman–Crippen LogP) is 3.89. The van der Waals surface area contributed by atoms with Gasteiger partial charge in [0.25, 0.3) is 0 Å². The fraction of sp³-hybridized carbons (Fsp3) is 0.417. The lowest BCUT2D eigenvalue weighted by atomic mass is 10.3. The lowest BCUT2D eigenvalue weighted by Crippen LogP contribution is -1.76. The normalized spacial score (nSPS) is 12.9. The Labute approximate surface area is 81.6 Å². The lowest BCUT2D eigenvalue weighted by Gasteiger charge is -1.90. The molecule has 0 radical (unpaired) electrons. The molecule has 1 nitrogen and oxygen atoms in total. The van der Waals surface area contributed by atoms with Gasteiger partial charge in [-0.1, -0.05) is 31.7 Å². The highest BCUT2D eigenvalue weighted by atomic mass is 14.7. The van der Waals surface area contributed by atoms with Crippen molar-refractivity contribution < 1.29 is 0 Å². The van der Waals surface area contributed by atoms with Crippen molar-refractivity contribution in [3.63, 3.8) is 0 Å². The van der Waals surface area contributed by atoms with Crippen LogP contribution in [0.15, 0.2) is 41.6 Å². The third-order valence-corrected chi connectivity index (χ3v) is 1.61. The maximum absolute atomic E-state index is 4.24. The fourth-order valence-electron chi connectivity index (χ4n) is 0.870. The van der Waals surface area contributed by atoms with Crippen LogP contribution in [0, 0.1) is 0 Å². The van der Waals surface area contributed by atoms with Crippen LogP contribution in [0.4, 0.5) is 0 Å². The molecule has 0 amide bonds. The van der Waals surface area contributed by atoms with Gasteiger partial charge in [0.2, 0.25) is 0 Å². The van der Waals surface area contributed by atoms with Gasteiger partial charge in [0.1, 0.15) is 0 Å². The van der Waals surface area contributed by atoms with E-state index in [2.05, 4.69) is 30.6 Å². The molecule has 0 heterocycles. The minimum atomic E-state index is 0.944. The quantitative estimate of drug-likeness (QED) is 0.252. The molecule has 0 unspecified atom stereocenters. The van der Waals surface area contributed by atoms with Crippen LogP contribution in [-0.2, 0) is 0 Å². The molecular formula is C12H19N. The second-order valence-corrected chi connectivity index (χ2v) is 2.69. The average molecular weight is 177 g/mol. The van der Waals surface area contributed by atoms with Crippen LogP contribution in [0.25, 0.3) is 0 Å². The molecule has 13 heavy (non-hydrogen) atoms. The van der Waals surface area contributed by atoms with Crippen LogP contribution in [-0.4, -0.2) is 6.21 Å². The maximum Gasteiger partial charge on any atom is 0.0577 e. The SMILES string of the molecule is C=C/C(=C/C)N=CCC/C=C\CC. The van der Waals surface area contributed by atoms with E-state index in [0.29, 0.717) is 0 Å². The molecule has 0 aromatic heterocycles. The first-order valence-electron chi connectivity index (χ1n) is 4.81. The van der Waals surface area contributed by atoms with E-state index in [1.165, 1.54) is 0 Å². The Bertz CT molecular complexity index is 209. The van der Waals surface area contributed by atoms with E-state index in [0.717, 1.165) is 25.0 Å². The molecule has 0 bridgehead atoms. The van der Waals surface area contributed by atoms with Crippen LogP contribution in [0.2, 0.25) is 0 Å². The van der Waals surface area contributed by atoms with Crippen LogP contribution in [0.3, 0.4) is 0 Å². The number of nitrogens with zero attached hydrogens (tertiary/aromatic N) is 1. The van der Waals surface area contributed by atoms with Crippen LogP contribution in [0.1, 0.15) is 33.1 Å². The molecule has 0 atom stereocenters. The van der Waals surface area contributed by atoms with Crippen LogP contribution in [0.5, 0.6) is 0 Å². The molecule has 0 aromatic rings. The highest BCUT2D eigenvalue weighted by Crippen LogP contribution is 1.97. The van der Waals surface area contributed by atoms with Crippen molar-refractivity contribution in [2.45, 2.75) is 33.1 Å². The standard InChI is InChI=1S/C12H19N/c1-4-7-8-9-10-11-13-12(5-2)6-3/h5-8,11H,2,4,9-10H2,1,3H3/b8-7-,12-6-,13-11?. The van der Waals surface area contributed by atoms with E-state index in [4.69, 9.17) is 0 Å². The molecule has 0 aromatic carbocycles. The Hall–Kier alpha value is -1.11. The van der Waals surface area contributed by atoms with E-state index < -0.39 is 0 Å². The second-order valence-electron chi connectivity index (χ2n) is 2.69. The van der Waals surface area contributed by atoms with Crippen molar-refractivity contribution >= 4 is 6.21 Å². The Balaban J connectivity index is 3.63. The van der Waals surface area contributed by atoms with Crippen molar-refractivity contribution in [1.29, 1.82) is 0 Å². The molecule has 0 aliphatic heterocycles.